The second kappa shape index (κ2) is 5.17. The number of nitrogens with zero attached hydrogens (tertiary/aromatic N) is 2. The number of hydrogen-bond donors (Lipinski definition) is 1. The predicted octanol–water partition coefficient (Wildman–Crippen LogP) is 1.39. The van der Waals surface area contributed by atoms with Crippen LogP contribution in [0.25, 0.3) is 0 Å². The minimum atomic E-state index is -4.53. The number of rotatable bonds is 5. The monoisotopic (exact) mass is 252 g/mol. The molecule has 0 fully saturated rings. The molecule has 0 aliphatic carbocycles. The lowest BCUT2D eigenvalue weighted by atomic mass is 10.3. The van der Waals surface area contributed by atoms with Crippen molar-refractivity contribution >= 4 is 5.97 Å². The van der Waals surface area contributed by atoms with Crippen LogP contribution in [0.4, 0.5) is 13.2 Å². The Balaban J connectivity index is 2.74. The summed E-state index contributed by atoms with van der Waals surface area (Å²) < 4.78 is 42.4. The summed E-state index contributed by atoms with van der Waals surface area (Å²) in [5.41, 5.74) is -1.06. The van der Waals surface area contributed by atoms with E-state index in [0.717, 1.165) is 16.9 Å². The number of alkyl halides is 3. The summed E-state index contributed by atoms with van der Waals surface area (Å²) in [4.78, 5) is 10.7. The van der Waals surface area contributed by atoms with Gasteiger partial charge in [-0.3, -0.25) is 4.68 Å². The predicted molar refractivity (Wildman–Crippen MR) is 50.3 cm³/mol. The molecule has 1 aromatic rings. The van der Waals surface area contributed by atoms with Crippen molar-refractivity contribution in [1.29, 1.82) is 0 Å². The topological polar surface area (TPSA) is 64.4 Å². The second-order valence-electron chi connectivity index (χ2n) is 3.20. The smallest absolute Gasteiger partial charge is 0.435 e. The highest BCUT2D eigenvalue weighted by atomic mass is 19.4. The van der Waals surface area contributed by atoms with Crippen molar-refractivity contribution in [2.75, 3.05) is 6.61 Å². The molecule has 1 aromatic heterocycles. The van der Waals surface area contributed by atoms with Crippen molar-refractivity contribution in [2.45, 2.75) is 25.7 Å². The molecule has 0 aliphatic heterocycles. The van der Waals surface area contributed by atoms with Gasteiger partial charge in [0.2, 0.25) is 0 Å². The number of halogens is 3. The van der Waals surface area contributed by atoms with Gasteiger partial charge in [0, 0.05) is 12.8 Å². The molecule has 0 aliphatic rings. The molecule has 0 aromatic carbocycles. The Hall–Kier alpha value is -1.57. The first-order valence-electron chi connectivity index (χ1n) is 4.79. The molecule has 1 rings (SSSR count). The number of carboxylic acid groups (broad SMARTS) is 1. The van der Waals surface area contributed by atoms with Crippen LogP contribution in [0.1, 0.15) is 12.6 Å². The first-order valence-corrected chi connectivity index (χ1v) is 4.79. The molecule has 0 radical (unpaired) electrons. The maximum absolute atomic E-state index is 12.2. The van der Waals surface area contributed by atoms with Crippen LogP contribution in [0.5, 0.6) is 0 Å². The first-order chi connectivity index (χ1) is 7.84. The van der Waals surface area contributed by atoms with Gasteiger partial charge in [0.1, 0.15) is 0 Å². The molecule has 0 saturated heterocycles. The van der Waals surface area contributed by atoms with Crippen LogP contribution in [0.15, 0.2) is 12.3 Å². The summed E-state index contributed by atoms with van der Waals surface area (Å²) >= 11 is 0. The zero-order valence-corrected chi connectivity index (χ0v) is 8.94. The van der Waals surface area contributed by atoms with E-state index in [-0.39, 0.29) is 13.2 Å². The zero-order valence-electron chi connectivity index (χ0n) is 8.94. The van der Waals surface area contributed by atoms with Crippen LogP contribution in [-0.4, -0.2) is 33.6 Å². The molecule has 1 N–H and O–H groups in total. The molecule has 96 valence electrons. The minimum Gasteiger partial charge on any atom is -0.479 e. The molecule has 1 atom stereocenters. The van der Waals surface area contributed by atoms with Gasteiger partial charge in [0.15, 0.2) is 11.8 Å². The third kappa shape index (κ3) is 3.74. The fourth-order valence-electron chi connectivity index (χ4n) is 1.19. The van der Waals surface area contributed by atoms with Crippen molar-refractivity contribution in [3.8, 4) is 0 Å². The molecule has 1 unspecified atom stereocenters. The van der Waals surface area contributed by atoms with E-state index in [1.54, 1.807) is 6.92 Å². The normalized spacial score (nSPS) is 13.6. The maximum Gasteiger partial charge on any atom is 0.435 e. The Kier molecular flexibility index (Phi) is 4.11. The van der Waals surface area contributed by atoms with Gasteiger partial charge in [-0.2, -0.15) is 18.3 Å². The first kappa shape index (κ1) is 13.5. The van der Waals surface area contributed by atoms with Crippen molar-refractivity contribution in [1.82, 2.24) is 9.78 Å². The van der Waals surface area contributed by atoms with E-state index in [4.69, 9.17) is 9.84 Å². The minimum absolute atomic E-state index is 0.157. The van der Waals surface area contributed by atoms with Crippen molar-refractivity contribution in [3.63, 3.8) is 0 Å². The summed E-state index contributed by atoms with van der Waals surface area (Å²) in [5.74, 6) is -1.24. The van der Waals surface area contributed by atoms with Gasteiger partial charge in [-0.25, -0.2) is 4.79 Å². The lowest BCUT2D eigenvalue weighted by molar-refractivity contribution is -0.151. The molecule has 17 heavy (non-hydrogen) atoms. The number of carbonyl (C=O) groups is 1. The van der Waals surface area contributed by atoms with Crippen LogP contribution in [-0.2, 0) is 22.3 Å². The second-order valence-corrected chi connectivity index (χ2v) is 3.20. The number of ether oxygens (including phenoxy) is 1. The average molecular weight is 252 g/mol. The lowest BCUT2D eigenvalue weighted by Crippen LogP contribution is -2.29. The van der Waals surface area contributed by atoms with E-state index < -0.39 is 23.9 Å². The summed E-state index contributed by atoms with van der Waals surface area (Å²) in [6.45, 7) is 1.49. The molecule has 0 spiro atoms. The molecule has 0 saturated carbocycles. The highest BCUT2D eigenvalue weighted by Gasteiger charge is 2.33. The van der Waals surface area contributed by atoms with E-state index in [1.165, 1.54) is 0 Å². The summed E-state index contributed by atoms with van der Waals surface area (Å²) in [5, 5.41) is 12.0. The highest BCUT2D eigenvalue weighted by molar-refractivity contribution is 5.72. The van der Waals surface area contributed by atoms with Crippen LogP contribution in [0.2, 0.25) is 0 Å². The van der Waals surface area contributed by atoms with Gasteiger partial charge in [0.05, 0.1) is 6.54 Å². The number of hydrogen-bond acceptors (Lipinski definition) is 3. The third-order valence-electron chi connectivity index (χ3n) is 1.93. The Morgan fingerprint density at radius 1 is 1.65 bits per heavy atom. The van der Waals surface area contributed by atoms with E-state index in [0.29, 0.717) is 0 Å². The molecule has 1 heterocycles. The molecule has 0 bridgehead atoms. The third-order valence-corrected chi connectivity index (χ3v) is 1.93. The Labute approximate surface area is 94.8 Å². The molecule has 0 amide bonds. The Morgan fingerprint density at radius 3 is 2.71 bits per heavy atom. The summed E-state index contributed by atoms with van der Waals surface area (Å²) in [6.07, 6.45) is -4.67. The Morgan fingerprint density at radius 2 is 2.29 bits per heavy atom. The van der Waals surface area contributed by atoms with Crippen LogP contribution >= 0.6 is 0 Å². The lowest BCUT2D eigenvalue weighted by Gasteiger charge is -2.12. The summed E-state index contributed by atoms with van der Waals surface area (Å²) in [7, 11) is 0. The number of carboxylic acids is 1. The van der Waals surface area contributed by atoms with Crippen molar-refractivity contribution < 1.29 is 27.8 Å². The van der Waals surface area contributed by atoms with Crippen LogP contribution in [0, 0.1) is 0 Å². The van der Waals surface area contributed by atoms with Gasteiger partial charge in [-0.15, -0.1) is 0 Å². The van der Waals surface area contributed by atoms with Crippen LogP contribution in [0.3, 0.4) is 0 Å². The fraction of sp³-hybridized carbons (Fsp3) is 0.556. The van der Waals surface area contributed by atoms with Gasteiger partial charge in [-0.1, -0.05) is 0 Å². The van der Waals surface area contributed by atoms with E-state index in [2.05, 4.69) is 5.10 Å². The van der Waals surface area contributed by atoms with Crippen molar-refractivity contribution in [2.24, 2.45) is 0 Å². The van der Waals surface area contributed by atoms with Gasteiger partial charge in [-0.05, 0) is 13.0 Å². The molecular weight excluding hydrogens is 241 g/mol. The summed E-state index contributed by atoms with van der Waals surface area (Å²) in [6, 6.07) is 0.783. The number of aromatic nitrogens is 2. The quantitative estimate of drug-likeness (QED) is 0.860. The van der Waals surface area contributed by atoms with E-state index in [1.807, 2.05) is 0 Å². The highest BCUT2D eigenvalue weighted by Crippen LogP contribution is 2.27. The van der Waals surface area contributed by atoms with Crippen LogP contribution < -0.4 is 0 Å². The largest absolute Gasteiger partial charge is 0.479 e. The molecular formula is C9H11F3N2O3. The SMILES string of the molecule is CCOC(Cn1ccc(C(F)(F)F)n1)C(=O)O. The standard InChI is InChI=1S/C9H11F3N2O3/c1-2-17-6(8(15)16)5-14-4-3-7(13-14)9(10,11)12/h3-4,6H,2,5H2,1H3,(H,15,16). The van der Waals surface area contributed by atoms with Gasteiger partial charge < -0.3 is 9.84 Å². The maximum atomic E-state index is 12.2. The van der Waals surface area contributed by atoms with E-state index in [9.17, 15) is 18.0 Å². The Bertz CT molecular complexity index is 389. The number of aliphatic carboxylic acids is 1. The van der Waals surface area contributed by atoms with E-state index >= 15 is 0 Å². The van der Waals surface area contributed by atoms with Gasteiger partial charge in [0.25, 0.3) is 0 Å². The average Bonchev–Trinajstić information content (AvgIpc) is 2.64. The van der Waals surface area contributed by atoms with Crippen molar-refractivity contribution in [3.05, 3.63) is 18.0 Å². The zero-order chi connectivity index (χ0) is 13.1. The van der Waals surface area contributed by atoms with Gasteiger partial charge >= 0.3 is 12.1 Å². The molecule has 8 heteroatoms. The fourth-order valence-corrected chi connectivity index (χ4v) is 1.19. The molecule has 5 nitrogen and oxygen atoms in total.